The second-order valence-electron chi connectivity index (χ2n) is 6.40. The van der Waals surface area contributed by atoms with Crippen LogP contribution in [0.2, 0.25) is 0 Å². The molecule has 1 fully saturated rings. The molecule has 5 nitrogen and oxygen atoms in total. The van der Waals surface area contributed by atoms with Crippen LogP contribution in [0.15, 0.2) is 41.8 Å². The number of para-hydroxylation sites is 2. The molecule has 140 valence electrons. The maximum absolute atomic E-state index is 13.2. The third kappa shape index (κ3) is 4.15. The highest BCUT2D eigenvalue weighted by Gasteiger charge is 2.35. The van der Waals surface area contributed by atoms with Crippen molar-refractivity contribution in [2.45, 2.75) is 37.8 Å². The van der Waals surface area contributed by atoms with E-state index in [0.717, 1.165) is 30.6 Å². The van der Waals surface area contributed by atoms with Crippen molar-refractivity contribution < 1.29 is 14.3 Å². The summed E-state index contributed by atoms with van der Waals surface area (Å²) in [6, 6.07) is 10.1. The number of ether oxygens (including phenoxy) is 1. The average molecular weight is 382 g/mol. The van der Waals surface area contributed by atoms with Crippen LogP contribution < -0.4 is 15.0 Å². The van der Waals surface area contributed by atoms with Crippen LogP contribution >= 0.6 is 11.3 Å². The molecule has 1 aromatic carbocycles. The molecule has 0 saturated heterocycles. The number of amides is 2. The fourth-order valence-electron chi connectivity index (χ4n) is 3.43. The quantitative estimate of drug-likeness (QED) is 0.778. The molecular formula is C21H22N2O3S. The van der Waals surface area contributed by atoms with Gasteiger partial charge in [0.1, 0.15) is 5.75 Å². The standard InChI is InChI=1S/C21H22N2O3S/c1-3-19(24)23(16-11-6-7-12-17(16)26-2)20(18-13-8-14-27-18)21(25)22-15-9-4-5-10-15/h1,6-8,11-15,20H,4-5,9-10H2,2H3,(H,22,25). The summed E-state index contributed by atoms with van der Waals surface area (Å²) in [5.41, 5.74) is 0.475. The first kappa shape index (κ1) is 19.0. The lowest BCUT2D eigenvalue weighted by atomic mass is 10.1. The first-order valence-corrected chi connectivity index (χ1v) is 9.80. The highest BCUT2D eigenvalue weighted by Crippen LogP contribution is 2.36. The third-order valence-corrected chi connectivity index (χ3v) is 5.63. The molecule has 1 aliphatic carbocycles. The van der Waals surface area contributed by atoms with Crippen LogP contribution in [0.1, 0.15) is 36.6 Å². The van der Waals surface area contributed by atoms with Gasteiger partial charge in [-0.05, 0) is 42.3 Å². The molecule has 2 amide bonds. The van der Waals surface area contributed by atoms with E-state index in [-0.39, 0.29) is 11.9 Å². The molecule has 6 heteroatoms. The Hall–Kier alpha value is -2.78. The Morgan fingerprint density at radius 3 is 2.63 bits per heavy atom. The monoisotopic (exact) mass is 382 g/mol. The normalized spacial score (nSPS) is 15.0. The molecule has 0 aliphatic heterocycles. The minimum atomic E-state index is -0.842. The predicted molar refractivity (Wildman–Crippen MR) is 107 cm³/mol. The molecule has 1 saturated carbocycles. The number of benzene rings is 1. The second kappa shape index (κ2) is 8.74. The summed E-state index contributed by atoms with van der Waals surface area (Å²) in [5.74, 6) is 1.84. The minimum Gasteiger partial charge on any atom is -0.495 e. The van der Waals surface area contributed by atoms with Gasteiger partial charge in [-0.2, -0.15) is 0 Å². The maximum atomic E-state index is 13.2. The molecule has 3 rings (SSSR count). The largest absolute Gasteiger partial charge is 0.495 e. The third-order valence-electron chi connectivity index (χ3n) is 4.71. The lowest BCUT2D eigenvalue weighted by Crippen LogP contribution is -2.45. The zero-order valence-electron chi connectivity index (χ0n) is 15.2. The highest BCUT2D eigenvalue weighted by atomic mass is 32.1. The van der Waals surface area contributed by atoms with Gasteiger partial charge in [0.2, 0.25) is 5.91 Å². The van der Waals surface area contributed by atoms with Gasteiger partial charge in [-0.3, -0.25) is 14.5 Å². The lowest BCUT2D eigenvalue weighted by Gasteiger charge is -2.30. The van der Waals surface area contributed by atoms with Crippen LogP contribution in [-0.2, 0) is 9.59 Å². The number of nitrogens with one attached hydrogen (secondary N) is 1. The van der Waals surface area contributed by atoms with Crippen LogP contribution in [0.25, 0.3) is 0 Å². The number of anilines is 1. The van der Waals surface area contributed by atoms with Crippen LogP contribution in [-0.4, -0.2) is 25.0 Å². The van der Waals surface area contributed by atoms with Gasteiger partial charge in [0.15, 0.2) is 6.04 Å². The number of nitrogens with zero attached hydrogens (tertiary/aromatic N) is 1. The lowest BCUT2D eigenvalue weighted by molar-refractivity contribution is -0.125. The van der Waals surface area contributed by atoms with E-state index in [1.54, 1.807) is 24.3 Å². The van der Waals surface area contributed by atoms with E-state index in [1.807, 2.05) is 17.5 Å². The zero-order chi connectivity index (χ0) is 19.2. The number of rotatable bonds is 6. The Balaban J connectivity index is 2.04. The molecular weight excluding hydrogens is 360 g/mol. The molecule has 0 bridgehead atoms. The summed E-state index contributed by atoms with van der Waals surface area (Å²) in [7, 11) is 1.52. The molecule has 1 unspecified atom stereocenters. The number of thiophene rings is 1. The summed E-state index contributed by atoms with van der Waals surface area (Å²) in [4.78, 5) is 28.0. The summed E-state index contributed by atoms with van der Waals surface area (Å²) in [6.45, 7) is 0. The predicted octanol–water partition coefficient (Wildman–Crippen LogP) is 3.52. The zero-order valence-corrected chi connectivity index (χ0v) is 16.0. The first-order valence-electron chi connectivity index (χ1n) is 8.92. The van der Waals surface area contributed by atoms with Crippen molar-refractivity contribution in [1.29, 1.82) is 0 Å². The minimum absolute atomic E-state index is 0.139. The van der Waals surface area contributed by atoms with Gasteiger partial charge in [-0.15, -0.1) is 17.8 Å². The van der Waals surface area contributed by atoms with E-state index in [0.29, 0.717) is 11.4 Å². The van der Waals surface area contributed by atoms with E-state index in [9.17, 15) is 9.59 Å². The Bertz CT molecular complexity index is 835. The summed E-state index contributed by atoms with van der Waals surface area (Å²) in [6.07, 6.45) is 9.57. The molecule has 1 heterocycles. The fraction of sp³-hybridized carbons (Fsp3) is 0.333. The van der Waals surface area contributed by atoms with E-state index < -0.39 is 11.9 Å². The molecule has 1 N–H and O–H groups in total. The summed E-state index contributed by atoms with van der Waals surface area (Å²) in [5, 5.41) is 4.98. The van der Waals surface area contributed by atoms with Gasteiger partial charge >= 0.3 is 5.91 Å². The SMILES string of the molecule is C#CC(=O)N(c1ccccc1OC)C(C(=O)NC1CCCC1)c1cccs1. The number of carbonyl (C=O) groups excluding carboxylic acids is 2. The van der Waals surface area contributed by atoms with Crippen molar-refractivity contribution in [1.82, 2.24) is 5.32 Å². The molecule has 1 aromatic heterocycles. The molecule has 2 aromatic rings. The van der Waals surface area contributed by atoms with Crippen molar-refractivity contribution in [3.8, 4) is 18.1 Å². The van der Waals surface area contributed by atoms with Crippen molar-refractivity contribution >= 4 is 28.8 Å². The first-order chi connectivity index (χ1) is 13.2. The van der Waals surface area contributed by atoms with Crippen LogP contribution in [0, 0.1) is 12.3 Å². The molecule has 0 radical (unpaired) electrons. The molecule has 27 heavy (non-hydrogen) atoms. The van der Waals surface area contributed by atoms with Gasteiger partial charge in [-0.25, -0.2) is 0 Å². The Labute approximate surface area is 163 Å². The van der Waals surface area contributed by atoms with Crippen LogP contribution in [0.4, 0.5) is 5.69 Å². The van der Waals surface area contributed by atoms with Crippen molar-refractivity contribution in [2.75, 3.05) is 12.0 Å². The van der Waals surface area contributed by atoms with E-state index in [2.05, 4.69) is 11.2 Å². The van der Waals surface area contributed by atoms with Gasteiger partial charge in [0, 0.05) is 10.9 Å². The maximum Gasteiger partial charge on any atom is 0.303 e. The molecule has 0 spiro atoms. The highest BCUT2D eigenvalue weighted by molar-refractivity contribution is 7.10. The number of hydrogen-bond acceptors (Lipinski definition) is 4. The Morgan fingerprint density at radius 2 is 2.00 bits per heavy atom. The van der Waals surface area contributed by atoms with Crippen molar-refractivity contribution in [2.24, 2.45) is 0 Å². The van der Waals surface area contributed by atoms with Gasteiger partial charge in [-0.1, -0.05) is 31.0 Å². The van der Waals surface area contributed by atoms with E-state index >= 15 is 0 Å². The van der Waals surface area contributed by atoms with Gasteiger partial charge < -0.3 is 10.1 Å². The number of methoxy groups -OCH3 is 1. The molecule has 1 atom stereocenters. The van der Waals surface area contributed by atoms with Crippen LogP contribution in [0.3, 0.4) is 0 Å². The summed E-state index contributed by atoms with van der Waals surface area (Å²) >= 11 is 1.42. The van der Waals surface area contributed by atoms with Gasteiger partial charge in [0.25, 0.3) is 0 Å². The average Bonchev–Trinajstić information content (AvgIpc) is 3.39. The second-order valence-corrected chi connectivity index (χ2v) is 7.38. The smallest absolute Gasteiger partial charge is 0.303 e. The van der Waals surface area contributed by atoms with Crippen LogP contribution in [0.5, 0.6) is 5.75 Å². The van der Waals surface area contributed by atoms with E-state index in [1.165, 1.54) is 23.3 Å². The number of hydrogen-bond donors (Lipinski definition) is 1. The summed E-state index contributed by atoms with van der Waals surface area (Å²) < 4.78 is 5.41. The number of terminal acetylenes is 1. The number of carbonyl (C=O) groups is 2. The Kier molecular flexibility index (Phi) is 6.15. The van der Waals surface area contributed by atoms with Gasteiger partial charge in [0.05, 0.1) is 12.8 Å². The fourth-order valence-corrected chi connectivity index (χ4v) is 4.25. The van der Waals surface area contributed by atoms with E-state index in [4.69, 9.17) is 11.2 Å². The van der Waals surface area contributed by atoms with Crippen molar-refractivity contribution in [3.63, 3.8) is 0 Å². The van der Waals surface area contributed by atoms with Crippen molar-refractivity contribution in [3.05, 3.63) is 46.7 Å². The topological polar surface area (TPSA) is 58.6 Å². The Morgan fingerprint density at radius 1 is 1.26 bits per heavy atom. The molecule has 1 aliphatic rings.